The first-order valence-corrected chi connectivity index (χ1v) is 6.20. The van der Waals surface area contributed by atoms with E-state index in [0.29, 0.717) is 6.54 Å². The fourth-order valence-corrected chi connectivity index (χ4v) is 2.49. The maximum atomic E-state index is 12.3. The summed E-state index contributed by atoms with van der Waals surface area (Å²) in [4.78, 5) is 13.9. The minimum absolute atomic E-state index is 0.0000715. The van der Waals surface area contributed by atoms with Crippen LogP contribution in [0.4, 0.5) is 0 Å². The third-order valence-corrected chi connectivity index (χ3v) is 3.54. The van der Waals surface area contributed by atoms with Gasteiger partial charge in [0.25, 0.3) is 0 Å². The van der Waals surface area contributed by atoms with E-state index in [2.05, 4.69) is 0 Å². The third kappa shape index (κ3) is 2.34. The number of fused-ring (bicyclic) bond motifs is 1. The van der Waals surface area contributed by atoms with Gasteiger partial charge in [0.15, 0.2) is 0 Å². The fraction of sp³-hybridized carbons (Fsp3) is 0.500. The summed E-state index contributed by atoms with van der Waals surface area (Å²) in [5, 5.41) is 8.89. The summed E-state index contributed by atoms with van der Waals surface area (Å²) < 4.78 is 5.21. The third-order valence-electron chi connectivity index (χ3n) is 3.54. The van der Waals surface area contributed by atoms with Crippen molar-refractivity contribution >= 4 is 5.91 Å². The van der Waals surface area contributed by atoms with Crippen LogP contribution in [0.2, 0.25) is 0 Å². The summed E-state index contributed by atoms with van der Waals surface area (Å²) in [5.41, 5.74) is 2.30. The lowest BCUT2D eigenvalue weighted by molar-refractivity contribution is -0.131. The van der Waals surface area contributed by atoms with E-state index in [1.54, 1.807) is 19.1 Å². The number of aryl methyl sites for hydroxylation is 1. The van der Waals surface area contributed by atoms with E-state index in [0.717, 1.165) is 24.2 Å². The molecule has 4 nitrogen and oxygen atoms in total. The van der Waals surface area contributed by atoms with Crippen LogP contribution in [0.1, 0.15) is 23.5 Å². The molecule has 0 saturated carbocycles. The molecule has 1 unspecified atom stereocenters. The number of ether oxygens (including phenoxy) is 1. The fourth-order valence-electron chi connectivity index (χ4n) is 2.49. The Morgan fingerprint density at radius 3 is 3.00 bits per heavy atom. The van der Waals surface area contributed by atoms with Crippen LogP contribution >= 0.6 is 0 Å². The molecule has 1 aliphatic carbocycles. The van der Waals surface area contributed by atoms with Gasteiger partial charge in [0.05, 0.1) is 19.6 Å². The van der Waals surface area contributed by atoms with Crippen LogP contribution in [0.15, 0.2) is 18.2 Å². The zero-order chi connectivity index (χ0) is 13.1. The maximum Gasteiger partial charge on any atom is 0.229 e. The van der Waals surface area contributed by atoms with Gasteiger partial charge in [0.1, 0.15) is 5.75 Å². The number of nitrogens with zero attached hydrogens (tertiary/aromatic N) is 1. The smallest absolute Gasteiger partial charge is 0.229 e. The van der Waals surface area contributed by atoms with Gasteiger partial charge in [-0.15, -0.1) is 0 Å². The molecule has 0 radical (unpaired) electrons. The number of methoxy groups -OCH3 is 1. The Morgan fingerprint density at radius 1 is 1.56 bits per heavy atom. The van der Waals surface area contributed by atoms with Crippen molar-refractivity contribution in [3.05, 3.63) is 29.3 Å². The Bertz CT molecular complexity index is 445. The summed E-state index contributed by atoms with van der Waals surface area (Å²) >= 11 is 0. The molecular formula is C14H19NO3. The predicted octanol–water partition coefficient (Wildman–Crippen LogP) is 1.18. The molecule has 1 aliphatic rings. The summed E-state index contributed by atoms with van der Waals surface area (Å²) in [6.07, 6.45) is 1.78. The molecule has 0 aromatic heterocycles. The summed E-state index contributed by atoms with van der Waals surface area (Å²) in [6.45, 7) is 0.383. The lowest BCUT2D eigenvalue weighted by Gasteiger charge is -2.20. The van der Waals surface area contributed by atoms with Gasteiger partial charge in [-0.25, -0.2) is 0 Å². The first kappa shape index (κ1) is 12.9. The number of likely N-dealkylation sites (N-methyl/N-ethyl adjacent to an activating group) is 1. The maximum absolute atomic E-state index is 12.3. The number of hydrogen-bond donors (Lipinski definition) is 1. The zero-order valence-corrected chi connectivity index (χ0v) is 10.8. The first-order chi connectivity index (χ1) is 8.67. The van der Waals surface area contributed by atoms with Crippen molar-refractivity contribution < 1.29 is 14.6 Å². The van der Waals surface area contributed by atoms with Gasteiger partial charge >= 0.3 is 0 Å². The highest BCUT2D eigenvalue weighted by Gasteiger charge is 2.30. The highest BCUT2D eigenvalue weighted by molar-refractivity contribution is 5.85. The van der Waals surface area contributed by atoms with Gasteiger partial charge in [-0.2, -0.15) is 0 Å². The predicted molar refractivity (Wildman–Crippen MR) is 68.8 cm³/mol. The van der Waals surface area contributed by atoms with Gasteiger partial charge in [-0.3, -0.25) is 4.79 Å². The van der Waals surface area contributed by atoms with Crippen LogP contribution in [-0.2, 0) is 11.2 Å². The number of hydrogen-bond acceptors (Lipinski definition) is 3. The lowest BCUT2D eigenvalue weighted by Crippen LogP contribution is -2.33. The summed E-state index contributed by atoms with van der Waals surface area (Å²) in [7, 11) is 3.36. The molecule has 18 heavy (non-hydrogen) atoms. The van der Waals surface area contributed by atoms with Gasteiger partial charge in [0.2, 0.25) is 5.91 Å². The second-order valence-electron chi connectivity index (χ2n) is 4.64. The Kier molecular flexibility index (Phi) is 3.87. The quantitative estimate of drug-likeness (QED) is 0.871. The Morgan fingerprint density at radius 2 is 2.33 bits per heavy atom. The second-order valence-corrected chi connectivity index (χ2v) is 4.64. The van der Waals surface area contributed by atoms with E-state index in [9.17, 15) is 4.79 Å². The molecule has 0 spiro atoms. The Labute approximate surface area is 107 Å². The molecule has 1 aromatic rings. The van der Waals surface area contributed by atoms with Gasteiger partial charge in [-0.1, -0.05) is 6.07 Å². The average molecular weight is 249 g/mol. The molecule has 0 bridgehead atoms. The van der Waals surface area contributed by atoms with Crippen molar-refractivity contribution in [1.29, 1.82) is 0 Å². The highest BCUT2D eigenvalue weighted by atomic mass is 16.5. The molecule has 1 N–H and O–H groups in total. The van der Waals surface area contributed by atoms with E-state index in [1.807, 2.05) is 18.2 Å². The van der Waals surface area contributed by atoms with Crippen molar-refractivity contribution in [2.45, 2.75) is 18.8 Å². The molecule has 1 atom stereocenters. The molecule has 4 heteroatoms. The topological polar surface area (TPSA) is 49.8 Å². The van der Waals surface area contributed by atoms with Crippen molar-refractivity contribution in [3.8, 4) is 5.75 Å². The Balaban J connectivity index is 2.22. The van der Waals surface area contributed by atoms with E-state index < -0.39 is 0 Å². The van der Waals surface area contributed by atoms with Crippen LogP contribution in [0.25, 0.3) is 0 Å². The molecule has 1 aromatic carbocycles. The molecular weight excluding hydrogens is 230 g/mol. The molecule has 1 amide bonds. The standard InChI is InChI=1S/C14H19NO3/c1-15(7-8-16)14(17)12-6-4-10-3-5-11(18-2)9-13(10)12/h3,5,9,12,16H,4,6-8H2,1-2H3. The molecule has 0 heterocycles. The summed E-state index contributed by atoms with van der Waals surface area (Å²) in [6, 6.07) is 5.92. The second kappa shape index (κ2) is 5.40. The summed E-state index contributed by atoms with van der Waals surface area (Å²) in [5.74, 6) is 0.779. The van der Waals surface area contributed by atoms with Crippen LogP contribution in [0.3, 0.4) is 0 Å². The van der Waals surface area contributed by atoms with Crippen LogP contribution in [0, 0.1) is 0 Å². The lowest BCUT2D eigenvalue weighted by atomic mass is 9.99. The number of amides is 1. The number of rotatable bonds is 4. The minimum Gasteiger partial charge on any atom is -0.497 e. The zero-order valence-electron chi connectivity index (χ0n) is 10.8. The molecule has 0 fully saturated rings. The SMILES string of the molecule is COc1ccc2c(c1)C(C(=O)N(C)CCO)CC2. The molecule has 0 aliphatic heterocycles. The van der Waals surface area contributed by atoms with Crippen LogP contribution in [-0.4, -0.2) is 43.2 Å². The minimum atomic E-state index is -0.0911. The van der Waals surface area contributed by atoms with E-state index in [-0.39, 0.29) is 18.4 Å². The number of aliphatic hydroxyl groups is 1. The van der Waals surface area contributed by atoms with Gasteiger partial charge < -0.3 is 14.7 Å². The Hall–Kier alpha value is -1.55. The molecule has 98 valence electrons. The first-order valence-electron chi connectivity index (χ1n) is 6.20. The van der Waals surface area contributed by atoms with Crippen molar-refractivity contribution in [3.63, 3.8) is 0 Å². The van der Waals surface area contributed by atoms with Crippen molar-refractivity contribution in [2.75, 3.05) is 27.3 Å². The molecule has 2 rings (SSSR count). The van der Waals surface area contributed by atoms with Crippen LogP contribution < -0.4 is 4.74 Å². The van der Waals surface area contributed by atoms with Gasteiger partial charge in [-0.05, 0) is 36.1 Å². The normalized spacial score (nSPS) is 17.4. The van der Waals surface area contributed by atoms with Gasteiger partial charge in [0, 0.05) is 13.6 Å². The van der Waals surface area contributed by atoms with Crippen LogP contribution in [0.5, 0.6) is 5.75 Å². The molecule has 0 saturated heterocycles. The monoisotopic (exact) mass is 249 g/mol. The van der Waals surface area contributed by atoms with Crippen molar-refractivity contribution in [1.82, 2.24) is 4.90 Å². The number of aliphatic hydroxyl groups excluding tert-OH is 1. The number of benzene rings is 1. The number of carbonyl (C=O) groups is 1. The largest absolute Gasteiger partial charge is 0.497 e. The number of carbonyl (C=O) groups excluding carboxylic acids is 1. The highest BCUT2D eigenvalue weighted by Crippen LogP contribution is 2.36. The van der Waals surface area contributed by atoms with E-state index in [1.165, 1.54) is 5.56 Å². The van der Waals surface area contributed by atoms with E-state index in [4.69, 9.17) is 9.84 Å². The average Bonchev–Trinajstić information content (AvgIpc) is 2.80. The van der Waals surface area contributed by atoms with E-state index >= 15 is 0 Å². The van der Waals surface area contributed by atoms with Crippen molar-refractivity contribution in [2.24, 2.45) is 0 Å².